The van der Waals surface area contributed by atoms with Gasteiger partial charge in [-0.3, -0.25) is 4.79 Å². The zero-order valence-electron chi connectivity index (χ0n) is 13.9. The molecule has 7 nitrogen and oxygen atoms in total. The average Bonchev–Trinajstić information content (AvgIpc) is 3.16. The van der Waals surface area contributed by atoms with Crippen molar-refractivity contribution in [3.05, 3.63) is 36.4 Å². The molecule has 0 spiro atoms. The molecule has 0 atom stereocenters. The first-order valence-corrected chi connectivity index (χ1v) is 8.42. The van der Waals surface area contributed by atoms with Crippen molar-refractivity contribution in [2.24, 2.45) is 0 Å². The predicted octanol–water partition coefficient (Wildman–Crippen LogP) is 2.24. The number of hydrogen-bond acceptors (Lipinski definition) is 6. The zero-order chi connectivity index (χ0) is 16.8. The summed E-state index contributed by atoms with van der Waals surface area (Å²) in [5, 5.41) is 3.24. The van der Waals surface area contributed by atoms with Gasteiger partial charge in [-0.15, -0.1) is 0 Å². The number of rotatable bonds is 6. The number of hydrogen-bond donors (Lipinski definition) is 1. The van der Waals surface area contributed by atoms with E-state index in [1.54, 1.807) is 18.3 Å². The van der Waals surface area contributed by atoms with E-state index in [2.05, 4.69) is 27.1 Å². The number of nitrogens with one attached hydrogen (secondary N) is 1. The molecule has 0 radical (unpaired) electrons. The van der Waals surface area contributed by atoms with E-state index in [-0.39, 0.29) is 5.91 Å². The number of piperazine rings is 1. The van der Waals surface area contributed by atoms with Crippen LogP contribution >= 0.6 is 0 Å². The monoisotopic (exact) mass is 329 g/mol. The molecule has 0 aromatic carbocycles. The third-order valence-electron chi connectivity index (χ3n) is 4.08. The fraction of sp³-hybridized carbons (Fsp3) is 0.471. The first-order valence-electron chi connectivity index (χ1n) is 8.42. The minimum absolute atomic E-state index is 0.0516. The van der Waals surface area contributed by atoms with E-state index in [1.165, 1.54) is 6.26 Å². The van der Waals surface area contributed by atoms with E-state index in [0.29, 0.717) is 24.8 Å². The highest BCUT2D eigenvalue weighted by atomic mass is 16.3. The standard InChI is InChI=1S/C17H23N5O2/c1-2-3-7-18-17-19-8-6-15(20-17)21-9-11-22(12-10-21)16(23)14-5-4-13-24-14/h4-6,8,13H,2-3,7,9-12H2,1H3,(H,18,19,20). The van der Waals surface area contributed by atoms with Gasteiger partial charge in [0.25, 0.3) is 5.91 Å². The Morgan fingerprint density at radius 3 is 2.83 bits per heavy atom. The third-order valence-corrected chi connectivity index (χ3v) is 4.08. The summed E-state index contributed by atoms with van der Waals surface area (Å²) in [5.74, 6) is 1.90. The summed E-state index contributed by atoms with van der Waals surface area (Å²) < 4.78 is 5.19. The highest BCUT2D eigenvalue weighted by Crippen LogP contribution is 2.16. The largest absolute Gasteiger partial charge is 0.459 e. The lowest BCUT2D eigenvalue weighted by atomic mass is 10.3. The molecular weight excluding hydrogens is 306 g/mol. The summed E-state index contributed by atoms with van der Waals surface area (Å²) in [6.45, 7) is 5.84. The number of anilines is 2. The van der Waals surface area contributed by atoms with Gasteiger partial charge in [-0.1, -0.05) is 13.3 Å². The average molecular weight is 329 g/mol. The van der Waals surface area contributed by atoms with Gasteiger partial charge in [0.15, 0.2) is 5.76 Å². The molecule has 0 aliphatic carbocycles. The molecule has 3 rings (SSSR count). The summed E-state index contributed by atoms with van der Waals surface area (Å²) in [6, 6.07) is 5.35. The van der Waals surface area contributed by atoms with Crippen LogP contribution in [0.5, 0.6) is 0 Å². The first-order chi connectivity index (χ1) is 11.8. The topological polar surface area (TPSA) is 74.5 Å². The van der Waals surface area contributed by atoms with Crippen molar-refractivity contribution < 1.29 is 9.21 Å². The summed E-state index contributed by atoms with van der Waals surface area (Å²) >= 11 is 0. The number of furan rings is 1. The van der Waals surface area contributed by atoms with Crippen molar-refractivity contribution in [1.82, 2.24) is 14.9 Å². The molecule has 0 bridgehead atoms. The van der Waals surface area contributed by atoms with Crippen LogP contribution < -0.4 is 10.2 Å². The Morgan fingerprint density at radius 2 is 2.12 bits per heavy atom. The van der Waals surface area contributed by atoms with E-state index in [0.717, 1.165) is 38.3 Å². The smallest absolute Gasteiger partial charge is 0.289 e. The molecule has 1 saturated heterocycles. The van der Waals surface area contributed by atoms with Crippen LogP contribution in [0, 0.1) is 0 Å². The van der Waals surface area contributed by atoms with Gasteiger partial charge in [0, 0.05) is 38.9 Å². The lowest BCUT2D eigenvalue weighted by molar-refractivity contribution is 0.0714. The van der Waals surface area contributed by atoms with Gasteiger partial charge in [-0.25, -0.2) is 4.98 Å². The summed E-state index contributed by atoms with van der Waals surface area (Å²) in [6.07, 6.45) is 5.54. The van der Waals surface area contributed by atoms with Crippen molar-refractivity contribution in [3.63, 3.8) is 0 Å². The fourth-order valence-corrected chi connectivity index (χ4v) is 2.68. The Bertz CT molecular complexity index is 651. The van der Waals surface area contributed by atoms with Gasteiger partial charge in [-0.2, -0.15) is 4.98 Å². The van der Waals surface area contributed by atoms with Crippen LogP contribution in [0.3, 0.4) is 0 Å². The minimum Gasteiger partial charge on any atom is -0.459 e. The third kappa shape index (κ3) is 3.84. The lowest BCUT2D eigenvalue weighted by Crippen LogP contribution is -2.49. The first kappa shape index (κ1) is 16.3. The van der Waals surface area contributed by atoms with Crippen LogP contribution in [-0.4, -0.2) is 53.5 Å². The molecule has 0 unspecified atom stereocenters. The second-order valence-electron chi connectivity index (χ2n) is 5.78. The highest BCUT2D eigenvalue weighted by molar-refractivity contribution is 5.91. The SMILES string of the molecule is CCCCNc1nccc(N2CCN(C(=O)c3ccco3)CC2)n1. The molecule has 128 valence electrons. The summed E-state index contributed by atoms with van der Waals surface area (Å²) in [7, 11) is 0. The van der Waals surface area contributed by atoms with Crippen molar-refractivity contribution in [1.29, 1.82) is 0 Å². The van der Waals surface area contributed by atoms with Gasteiger partial charge in [0.1, 0.15) is 5.82 Å². The van der Waals surface area contributed by atoms with E-state index < -0.39 is 0 Å². The molecular formula is C17H23N5O2. The molecule has 2 aromatic rings. The number of carbonyl (C=O) groups excluding carboxylic acids is 1. The normalized spacial score (nSPS) is 14.7. The molecule has 2 aromatic heterocycles. The number of nitrogens with zero attached hydrogens (tertiary/aromatic N) is 4. The Morgan fingerprint density at radius 1 is 1.29 bits per heavy atom. The van der Waals surface area contributed by atoms with Crippen molar-refractivity contribution in [2.45, 2.75) is 19.8 Å². The van der Waals surface area contributed by atoms with Gasteiger partial charge in [0.2, 0.25) is 5.95 Å². The Hall–Kier alpha value is -2.57. The van der Waals surface area contributed by atoms with E-state index in [9.17, 15) is 4.79 Å². The second kappa shape index (κ2) is 7.81. The molecule has 1 aliphatic rings. The van der Waals surface area contributed by atoms with E-state index in [4.69, 9.17) is 4.42 Å². The molecule has 1 N–H and O–H groups in total. The van der Waals surface area contributed by atoms with E-state index in [1.807, 2.05) is 11.0 Å². The maximum Gasteiger partial charge on any atom is 0.289 e. The van der Waals surface area contributed by atoms with Gasteiger partial charge < -0.3 is 19.5 Å². The molecule has 24 heavy (non-hydrogen) atoms. The predicted molar refractivity (Wildman–Crippen MR) is 92.3 cm³/mol. The van der Waals surface area contributed by atoms with Gasteiger partial charge in [-0.05, 0) is 24.6 Å². The maximum atomic E-state index is 12.3. The number of unbranched alkanes of at least 4 members (excludes halogenated alkanes) is 1. The molecule has 0 saturated carbocycles. The molecule has 1 aliphatic heterocycles. The number of carbonyl (C=O) groups is 1. The molecule has 1 fully saturated rings. The minimum atomic E-state index is -0.0516. The van der Waals surface area contributed by atoms with E-state index >= 15 is 0 Å². The lowest BCUT2D eigenvalue weighted by Gasteiger charge is -2.35. The van der Waals surface area contributed by atoms with Crippen LogP contribution in [0.25, 0.3) is 0 Å². The maximum absolute atomic E-state index is 12.3. The van der Waals surface area contributed by atoms with Crippen LogP contribution in [0.4, 0.5) is 11.8 Å². The molecule has 1 amide bonds. The van der Waals surface area contributed by atoms with Gasteiger partial charge in [0.05, 0.1) is 6.26 Å². The quantitative estimate of drug-likeness (QED) is 0.819. The number of amides is 1. The molecule has 7 heteroatoms. The van der Waals surface area contributed by atoms with Crippen molar-refractivity contribution in [2.75, 3.05) is 42.9 Å². The second-order valence-corrected chi connectivity index (χ2v) is 5.78. The summed E-state index contributed by atoms with van der Waals surface area (Å²) in [4.78, 5) is 25.1. The Kier molecular flexibility index (Phi) is 5.30. The zero-order valence-corrected chi connectivity index (χ0v) is 13.9. The highest BCUT2D eigenvalue weighted by Gasteiger charge is 2.24. The van der Waals surface area contributed by atoms with Gasteiger partial charge >= 0.3 is 0 Å². The fourth-order valence-electron chi connectivity index (χ4n) is 2.68. The van der Waals surface area contributed by atoms with Crippen LogP contribution in [0.1, 0.15) is 30.3 Å². The van der Waals surface area contributed by atoms with Crippen LogP contribution in [-0.2, 0) is 0 Å². The Labute approximate surface area is 141 Å². The Balaban J connectivity index is 1.56. The number of aromatic nitrogens is 2. The van der Waals surface area contributed by atoms with Crippen molar-refractivity contribution in [3.8, 4) is 0 Å². The molecule has 3 heterocycles. The van der Waals surface area contributed by atoms with Crippen LogP contribution in [0.2, 0.25) is 0 Å². The van der Waals surface area contributed by atoms with Crippen molar-refractivity contribution >= 4 is 17.7 Å². The summed E-state index contributed by atoms with van der Waals surface area (Å²) in [5.41, 5.74) is 0. The van der Waals surface area contributed by atoms with Crippen LogP contribution in [0.15, 0.2) is 35.1 Å².